The molecule has 1 aromatic carbocycles. The summed E-state index contributed by atoms with van der Waals surface area (Å²) in [5.74, 6) is 2.73. The first-order chi connectivity index (χ1) is 11.5. The average molecular weight is 332 g/mol. The van der Waals surface area contributed by atoms with E-state index < -0.39 is 6.10 Å². The van der Waals surface area contributed by atoms with Crippen LogP contribution in [0.4, 0.5) is 0 Å². The van der Waals surface area contributed by atoms with Gasteiger partial charge in [0.25, 0.3) is 0 Å². The van der Waals surface area contributed by atoms with Crippen LogP contribution in [-0.2, 0) is 0 Å². The molecular formula is C21H32O3. The Morgan fingerprint density at radius 1 is 1.25 bits per heavy atom. The van der Waals surface area contributed by atoms with Gasteiger partial charge in [-0.3, -0.25) is 0 Å². The highest BCUT2D eigenvalue weighted by molar-refractivity contribution is 5.71. The zero-order valence-corrected chi connectivity index (χ0v) is 15.4. The standard InChI is InChI=1S/C21H32O3/c1-14(2)17-10-9-15(3)11-19(17)20(23)12-16(13-22)18-7-5-6-8-21(18)24-4/h5-8,12,14-15,17,19-20,22-23H,9-11,13H2,1-4H3/b16-12+/t15-,17+,19-,20-/m1/s1. The van der Waals surface area contributed by atoms with E-state index in [1.54, 1.807) is 7.11 Å². The first-order valence-electron chi connectivity index (χ1n) is 9.10. The first kappa shape index (κ1) is 19.0. The van der Waals surface area contributed by atoms with E-state index in [4.69, 9.17) is 4.74 Å². The van der Waals surface area contributed by atoms with E-state index in [1.807, 2.05) is 30.3 Å². The van der Waals surface area contributed by atoms with Crippen molar-refractivity contribution in [1.29, 1.82) is 0 Å². The highest BCUT2D eigenvalue weighted by Gasteiger charge is 2.34. The van der Waals surface area contributed by atoms with Gasteiger partial charge in [-0.2, -0.15) is 0 Å². The Morgan fingerprint density at radius 3 is 2.58 bits per heavy atom. The molecule has 1 aliphatic rings. The minimum Gasteiger partial charge on any atom is -0.496 e. The zero-order valence-electron chi connectivity index (χ0n) is 15.4. The van der Waals surface area contributed by atoms with E-state index in [0.717, 1.165) is 23.3 Å². The van der Waals surface area contributed by atoms with Crippen LogP contribution in [0.15, 0.2) is 30.3 Å². The van der Waals surface area contributed by atoms with Gasteiger partial charge >= 0.3 is 0 Å². The molecule has 134 valence electrons. The van der Waals surface area contributed by atoms with Crippen LogP contribution in [0.5, 0.6) is 5.75 Å². The number of aliphatic hydroxyl groups excluding tert-OH is 2. The summed E-state index contributed by atoms with van der Waals surface area (Å²) in [6.45, 7) is 6.66. The molecule has 1 fully saturated rings. The number of para-hydroxylation sites is 1. The maximum absolute atomic E-state index is 10.9. The summed E-state index contributed by atoms with van der Waals surface area (Å²) in [5.41, 5.74) is 1.59. The quantitative estimate of drug-likeness (QED) is 0.823. The fraction of sp³-hybridized carbons (Fsp3) is 0.619. The SMILES string of the molecule is COc1ccccc1/C(=C/[C@@H](O)[C@@H]1C[C@H](C)CC[C@H]1C(C)C)CO. The number of aliphatic hydroxyl groups is 2. The average Bonchev–Trinajstić information content (AvgIpc) is 2.59. The lowest BCUT2D eigenvalue weighted by molar-refractivity contribution is 0.0427. The predicted molar refractivity (Wildman–Crippen MR) is 98.9 cm³/mol. The monoisotopic (exact) mass is 332 g/mol. The molecule has 0 bridgehead atoms. The molecule has 3 heteroatoms. The summed E-state index contributed by atoms with van der Waals surface area (Å²) in [4.78, 5) is 0. The molecule has 1 aliphatic carbocycles. The number of ether oxygens (including phenoxy) is 1. The van der Waals surface area contributed by atoms with Gasteiger partial charge in [0, 0.05) is 5.56 Å². The second kappa shape index (κ2) is 8.68. The van der Waals surface area contributed by atoms with Crippen molar-refractivity contribution >= 4 is 5.57 Å². The summed E-state index contributed by atoms with van der Waals surface area (Å²) >= 11 is 0. The van der Waals surface area contributed by atoms with E-state index in [0.29, 0.717) is 17.8 Å². The lowest BCUT2D eigenvalue weighted by Gasteiger charge is -2.39. The molecule has 2 N–H and O–H groups in total. The van der Waals surface area contributed by atoms with Gasteiger partial charge in [0.1, 0.15) is 5.75 Å². The Labute approximate surface area is 146 Å². The molecule has 0 unspecified atom stereocenters. The van der Waals surface area contributed by atoms with Crippen LogP contribution >= 0.6 is 0 Å². The maximum Gasteiger partial charge on any atom is 0.126 e. The summed E-state index contributed by atoms with van der Waals surface area (Å²) in [5, 5.41) is 20.7. The van der Waals surface area contributed by atoms with Crippen molar-refractivity contribution in [3.8, 4) is 5.75 Å². The van der Waals surface area contributed by atoms with Crippen molar-refractivity contribution in [2.75, 3.05) is 13.7 Å². The lowest BCUT2D eigenvalue weighted by atomic mass is 9.68. The molecular weight excluding hydrogens is 300 g/mol. The smallest absolute Gasteiger partial charge is 0.126 e. The van der Waals surface area contributed by atoms with Crippen LogP contribution in [0, 0.1) is 23.7 Å². The molecule has 0 aromatic heterocycles. The second-order valence-electron chi connectivity index (χ2n) is 7.53. The van der Waals surface area contributed by atoms with E-state index in [2.05, 4.69) is 20.8 Å². The first-order valence-corrected chi connectivity index (χ1v) is 9.10. The van der Waals surface area contributed by atoms with Gasteiger partial charge in [0.15, 0.2) is 0 Å². The van der Waals surface area contributed by atoms with Crippen molar-refractivity contribution < 1.29 is 14.9 Å². The predicted octanol–water partition coefficient (Wildman–Crippen LogP) is 4.14. The zero-order chi connectivity index (χ0) is 17.7. The van der Waals surface area contributed by atoms with Crippen molar-refractivity contribution in [2.24, 2.45) is 23.7 Å². The Bertz CT molecular complexity index is 550. The highest BCUT2D eigenvalue weighted by Crippen LogP contribution is 2.40. The van der Waals surface area contributed by atoms with Crippen molar-refractivity contribution in [3.63, 3.8) is 0 Å². The third kappa shape index (κ3) is 4.40. The summed E-state index contributed by atoms with van der Waals surface area (Å²) in [6.07, 6.45) is 4.78. The molecule has 2 rings (SSSR count). The third-order valence-electron chi connectivity index (χ3n) is 5.51. The molecule has 0 saturated heterocycles. The molecule has 1 saturated carbocycles. The molecule has 0 spiro atoms. The fourth-order valence-corrected chi connectivity index (χ4v) is 4.14. The Hall–Kier alpha value is -1.32. The molecule has 3 nitrogen and oxygen atoms in total. The molecule has 0 radical (unpaired) electrons. The van der Waals surface area contributed by atoms with Crippen molar-refractivity contribution in [3.05, 3.63) is 35.9 Å². The van der Waals surface area contributed by atoms with E-state index in [1.165, 1.54) is 12.8 Å². The maximum atomic E-state index is 10.9. The molecule has 24 heavy (non-hydrogen) atoms. The second-order valence-corrected chi connectivity index (χ2v) is 7.53. The molecule has 0 aliphatic heterocycles. The van der Waals surface area contributed by atoms with Gasteiger partial charge in [0.2, 0.25) is 0 Å². The molecule has 1 aromatic rings. The van der Waals surface area contributed by atoms with Crippen molar-refractivity contribution in [1.82, 2.24) is 0 Å². The minimum atomic E-state index is -0.535. The van der Waals surface area contributed by atoms with Crippen LogP contribution in [-0.4, -0.2) is 30.0 Å². The van der Waals surface area contributed by atoms with Gasteiger partial charge in [-0.1, -0.05) is 45.4 Å². The Morgan fingerprint density at radius 2 is 1.96 bits per heavy atom. The van der Waals surface area contributed by atoms with Crippen molar-refractivity contribution in [2.45, 2.75) is 46.1 Å². The van der Waals surface area contributed by atoms with Crippen LogP contribution < -0.4 is 4.74 Å². The Kier molecular flexibility index (Phi) is 6.88. The van der Waals surface area contributed by atoms with Crippen LogP contribution in [0.2, 0.25) is 0 Å². The number of hydrogen-bond donors (Lipinski definition) is 2. The van der Waals surface area contributed by atoms with Gasteiger partial charge < -0.3 is 14.9 Å². The fourth-order valence-electron chi connectivity index (χ4n) is 4.14. The summed E-state index contributed by atoms with van der Waals surface area (Å²) in [6, 6.07) is 7.64. The van der Waals surface area contributed by atoms with Crippen LogP contribution in [0.1, 0.15) is 45.6 Å². The van der Waals surface area contributed by atoms with Crippen LogP contribution in [0.3, 0.4) is 0 Å². The van der Waals surface area contributed by atoms with Gasteiger partial charge in [-0.25, -0.2) is 0 Å². The molecule has 4 atom stereocenters. The normalized spacial score (nSPS) is 26.5. The lowest BCUT2D eigenvalue weighted by Crippen LogP contribution is -2.35. The molecule has 0 heterocycles. The largest absolute Gasteiger partial charge is 0.496 e. The number of benzene rings is 1. The summed E-state index contributed by atoms with van der Waals surface area (Å²) in [7, 11) is 1.63. The number of methoxy groups -OCH3 is 1. The Balaban J connectivity index is 2.28. The number of rotatable bonds is 6. The third-order valence-corrected chi connectivity index (χ3v) is 5.51. The highest BCUT2D eigenvalue weighted by atomic mass is 16.5. The van der Waals surface area contributed by atoms with E-state index in [-0.39, 0.29) is 12.5 Å². The van der Waals surface area contributed by atoms with E-state index in [9.17, 15) is 10.2 Å². The summed E-state index contributed by atoms with van der Waals surface area (Å²) < 4.78 is 5.40. The molecule has 0 amide bonds. The van der Waals surface area contributed by atoms with Gasteiger partial charge in [-0.05, 0) is 54.2 Å². The van der Waals surface area contributed by atoms with Gasteiger partial charge in [-0.15, -0.1) is 0 Å². The van der Waals surface area contributed by atoms with E-state index >= 15 is 0 Å². The number of hydrogen-bond acceptors (Lipinski definition) is 3. The van der Waals surface area contributed by atoms with Gasteiger partial charge in [0.05, 0.1) is 19.8 Å². The van der Waals surface area contributed by atoms with Crippen LogP contribution in [0.25, 0.3) is 5.57 Å². The topological polar surface area (TPSA) is 49.7 Å². The minimum absolute atomic E-state index is 0.105.